The molecule has 0 radical (unpaired) electrons. The fourth-order valence-electron chi connectivity index (χ4n) is 8.03. The van der Waals surface area contributed by atoms with Crippen LogP contribution < -0.4 is 0 Å². The average Bonchev–Trinajstić information content (AvgIpc) is 3.70. The third-order valence-corrected chi connectivity index (χ3v) is 10.6. The number of nitrogens with zero attached hydrogens (tertiary/aromatic N) is 2. The molecule has 10 rings (SSSR count). The molecule has 0 fully saturated rings. The molecule has 10 aromatic rings. The van der Waals surface area contributed by atoms with Crippen LogP contribution in [0.1, 0.15) is 11.1 Å². The second-order valence-electron chi connectivity index (χ2n) is 14.0. The van der Waals surface area contributed by atoms with Gasteiger partial charge in [-0.1, -0.05) is 120 Å². The number of fused-ring (bicyclic) bond motifs is 6. The van der Waals surface area contributed by atoms with E-state index in [0.717, 1.165) is 5.69 Å². The van der Waals surface area contributed by atoms with Gasteiger partial charge in [-0.05, 0) is 120 Å². The zero-order valence-electron chi connectivity index (χ0n) is 29.2. The molecule has 2 heteroatoms. The first-order valence-corrected chi connectivity index (χ1v) is 18.0. The molecule has 0 aliphatic rings. The molecular weight excluding hydrogens is 629 g/mol. The first-order chi connectivity index (χ1) is 25.6. The Morgan fingerprint density at radius 3 is 1.35 bits per heavy atom. The van der Waals surface area contributed by atoms with Gasteiger partial charge < -0.3 is 9.13 Å². The number of rotatable bonds is 5. The van der Waals surface area contributed by atoms with Crippen LogP contribution in [0.3, 0.4) is 0 Å². The summed E-state index contributed by atoms with van der Waals surface area (Å²) in [4.78, 5) is 0. The minimum absolute atomic E-state index is 1.16. The molecular formula is C50H36N2. The van der Waals surface area contributed by atoms with Crippen LogP contribution in [-0.2, 0) is 0 Å². The van der Waals surface area contributed by atoms with Crippen molar-refractivity contribution in [3.05, 3.63) is 193 Å². The largest absolute Gasteiger partial charge is 0.309 e. The third kappa shape index (κ3) is 4.95. The molecule has 52 heavy (non-hydrogen) atoms. The number of para-hydroxylation sites is 1. The van der Waals surface area contributed by atoms with Gasteiger partial charge in [0, 0.05) is 32.9 Å². The number of hydrogen-bond acceptors (Lipinski definition) is 0. The van der Waals surface area contributed by atoms with Gasteiger partial charge in [-0.15, -0.1) is 0 Å². The van der Waals surface area contributed by atoms with E-state index in [1.807, 2.05) is 0 Å². The van der Waals surface area contributed by atoms with Crippen molar-refractivity contribution in [1.29, 1.82) is 0 Å². The molecule has 0 saturated heterocycles. The van der Waals surface area contributed by atoms with Crippen molar-refractivity contribution >= 4 is 43.6 Å². The average molecular weight is 665 g/mol. The van der Waals surface area contributed by atoms with Crippen LogP contribution in [0, 0.1) is 13.8 Å². The molecule has 0 unspecified atom stereocenters. The van der Waals surface area contributed by atoms with Crippen LogP contribution in [0.2, 0.25) is 0 Å². The summed E-state index contributed by atoms with van der Waals surface area (Å²) in [5, 5.41) is 5.07. The number of aromatic nitrogens is 2. The maximum atomic E-state index is 2.41. The van der Waals surface area contributed by atoms with E-state index in [-0.39, 0.29) is 0 Å². The lowest BCUT2D eigenvalue weighted by atomic mass is 9.99. The van der Waals surface area contributed by atoms with Gasteiger partial charge in [-0.2, -0.15) is 0 Å². The molecule has 0 saturated carbocycles. The van der Waals surface area contributed by atoms with Gasteiger partial charge in [0.1, 0.15) is 0 Å². The topological polar surface area (TPSA) is 9.86 Å². The lowest BCUT2D eigenvalue weighted by Crippen LogP contribution is -1.94. The van der Waals surface area contributed by atoms with Crippen molar-refractivity contribution < 1.29 is 0 Å². The van der Waals surface area contributed by atoms with E-state index in [2.05, 4.69) is 205 Å². The van der Waals surface area contributed by atoms with E-state index in [9.17, 15) is 0 Å². The van der Waals surface area contributed by atoms with E-state index < -0.39 is 0 Å². The first kappa shape index (κ1) is 30.2. The highest BCUT2D eigenvalue weighted by Crippen LogP contribution is 2.39. The Balaban J connectivity index is 1.08. The Bertz CT molecular complexity index is 2940. The summed E-state index contributed by atoms with van der Waals surface area (Å²) in [5.41, 5.74) is 17.1. The molecule has 2 aromatic heterocycles. The molecule has 0 spiro atoms. The summed E-state index contributed by atoms with van der Waals surface area (Å²) in [6, 6.07) is 66.8. The van der Waals surface area contributed by atoms with Gasteiger partial charge in [-0.3, -0.25) is 0 Å². The van der Waals surface area contributed by atoms with E-state index >= 15 is 0 Å². The fourth-order valence-corrected chi connectivity index (χ4v) is 8.03. The Hall–Kier alpha value is -6.64. The van der Waals surface area contributed by atoms with Crippen molar-refractivity contribution in [1.82, 2.24) is 9.13 Å². The van der Waals surface area contributed by atoms with Crippen molar-refractivity contribution in [3.8, 4) is 44.8 Å². The Morgan fingerprint density at radius 2 is 0.692 bits per heavy atom. The van der Waals surface area contributed by atoms with Crippen LogP contribution in [0.4, 0.5) is 0 Å². The van der Waals surface area contributed by atoms with Gasteiger partial charge >= 0.3 is 0 Å². The van der Waals surface area contributed by atoms with Crippen LogP contribution in [-0.4, -0.2) is 9.13 Å². The molecule has 0 aliphatic carbocycles. The summed E-state index contributed by atoms with van der Waals surface area (Å²) >= 11 is 0. The van der Waals surface area contributed by atoms with E-state index in [1.165, 1.54) is 93.8 Å². The lowest BCUT2D eigenvalue weighted by molar-refractivity contribution is 1.17. The second kappa shape index (κ2) is 12.0. The van der Waals surface area contributed by atoms with Gasteiger partial charge in [-0.25, -0.2) is 0 Å². The Morgan fingerprint density at radius 1 is 0.269 bits per heavy atom. The highest BCUT2D eigenvalue weighted by Gasteiger charge is 2.16. The van der Waals surface area contributed by atoms with Crippen molar-refractivity contribution in [2.45, 2.75) is 13.8 Å². The summed E-state index contributed by atoms with van der Waals surface area (Å²) in [6.07, 6.45) is 0. The minimum Gasteiger partial charge on any atom is -0.309 e. The number of hydrogen-bond donors (Lipinski definition) is 0. The van der Waals surface area contributed by atoms with Gasteiger partial charge in [0.15, 0.2) is 0 Å². The highest BCUT2D eigenvalue weighted by atomic mass is 15.0. The number of aryl methyl sites for hydroxylation is 2. The summed E-state index contributed by atoms with van der Waals surface area (Å²) in [5.74, 6) is 0. The van der Waals surface area contributed by atoms with E-state index in [4.69, 9.17) is 0 Å². The number of benzene rings is 8. The molecule has 246 valence electrons. The third-order valence-electron chi connectivity index (χ3n) is 10.6. The molecule has 2 nitrogen and oxygen atoms in total. The summed E-state index contributed by atoms with van der Waals surface area (Å²) in [6.45, 7) is 4.32. The smallest absolute Gasteiger partial charge is 0.0541 e. The normalized spacial score (nSPS) is 11.7. The van der Waals surface area contributed by atoms with Gasteiger partial charge in [0.05, 0.1) is 22.1 Å². The molecule has 8 aromatic carbocycles. The van der Waals surface area contributed by atoms with Crippen LogP contribution >= 0.6 is 0 Å². The SMILES string of the molecule is Cc1ccc(-n2c3ccccc3c3cc(-c4ccc5c(c4)c4cc(C)ccc4n5-c4ccc(-c5cccc(-c6ccccc6)c5)cc4)ccc32)cc1. The molecule has 0 N–H and O–H groups in total. The monoisotopic (exact) mass is 664 g/mol. The Kier molecular flexibility index (Phi) is 6.97. The van der Waals surface area contributed by atoms with E-state index in [0.29, 0.717) is 0 Å². The van der Waals surface area contributed by atoms with Gasteiger partial charge in [0.25, 0.3) is 0 Å². The van der Waals surface area contributed by atoms with Crippen LogP contribution in [0.25, 0.3) is 88.4 Å². The lowest BCUT2D eigenvalue weighted by Gasteiger charge is -2.11. The van der Waals surface area contributed by atoms with Crippen molar-refractivity contribution in [2.24, 2.45) is 0 Å². The predicted octanol–water partition coefficient (Wildman–Crippen LogP) is 13.5. The summed E-state index contributed by atoms with van der Waals surface area (Å²) in [7, 11) is 0. The summed E-state index contributed by atoms with van der Waals surface area (Å²) < 4.78 is 4.80. The van der Waals surface area contributed by atoms with Gasteiger partial charge in [0.2, 0.25) is 0 Å². The maximum absolute atomic E-state index is 2.41. The molecule has 2 heterocycles. The quantitative estimate of drug-likeness (QED) is 0.173. The zero-order chi connectivity index (χ0) is 34.8. The highest BCUT2D eigenvalue weighted by molar-refractivity contribution is 6.12. The van der Waals surface area contributed by atoms with Crippen molar-refractivity contribution in [2.75, 3.05) is 0 Å². The minimum atomic E-state index is 1.16. The van der Waals surface area contributed by atoms with Crippen LogP contribution in [0.15, 0.2) is 182 Å². The van der Waals surface area contributed by atoms with Crippen molar-refractivity contribution in [3.63, 3.8) is 0 Å². The molecule has 0 bridgehead atoms. The second-order valence-corrected chi connectivity index (χ2v) is 14.0. The first-order valence-electron chi connectivity index (χ1n) is 18.0. The standard InChI is InChI=1S/C50H36N2/c1-33-15-22-41(23-16-33)51-47-14-7-6-13-43(47)45-31-39(20-27-49(45)51)40-21-28-50-46(32-40)44-29-34(2)17-26-48(44)52(50)42-24-18-36(19-25-42)38-12-8-11-37(30-38)35-9-4-3-5-10-35/h3-32H,1-2H3. The maximum Gasteiger partial charge on any atom is 0.0541 e. The fraction of sp³-hybridized carbons (Fsp3) is 0.0400. The predicted molar refractivity (Wildman–Crippen MR) is 221 cm³/mol. The molecule has 0 atom stereocenters. The molecule has 0 aliphatic heterocycles. The van der Waals surface area contributed by atoms with E-state index in [1.54, 1.807) is 0 Å². The van der Waals surface area contributed by atoms with Crippen LogP contribution in [0.5, 0.6) is 0 Å². The zero-order valence-corrected chi connectivity index (χ0v) is 29.2. The molecule has 0 amide bonds. The Labute approximate surface area is 303 Å².